The van der Waals surface area contributed by atoms with Crippen molar-refractivity contribution in [2.75, 3.05) is 18.0 Å². The molecule has 0 atom stereocenters. The quantitative estimate of drug-likeness (QED) is 0.903. The third-order valence-corrected chi connectivity index (χ3v) is 4.12. The molecule has 102 valence electrons. The van der Waals surface area contributed by atoms with Crippen LogP contribution in [0.25, 0.3) is 0 Å². The Morgan fingerprint density at radius 2 is 2.00 bits per heavy atom. The van der Waals surface area contributed by atoms with Crippen molar-refractivity contribution in [1.82, 2.24) is 9.97 Å². The van der Waals surface area contributed by atoms with E-state index in [2.05, 4.69) is 28.7 Å². The number of anilines is 1. The van der Waals surface area contributed by atoms with Crippen molar-refractivity contribution in [1.29, 1.82) is 0 Å². The SMILES string of the molecule is CC1CC(c2nc(C(=O)O)cnc2N2CC(C)C2)C1. The number of hydrogen-bond donors (Lipinski definition) is 1. The standard InChI is InChI=1S/C14H19N3O2/c1-8-3-10(4-8)12-13(17-6-9(2)7-17)15-5-11(16-12)14(18)19/h5,8-10H,3-4,6-7H2,1-2H3,(H,18,19). The summed E-state index contributed by atoms with van der Waals surface area (Å²) >= 11 is 0. The summed E-state index contributed by atoms with van der Waals surface area (Å²) in [6.07, 6.45) is 3.56. The minimum Gasteiger partial charge on any atom is -0.476 e. The minimum atomic E-state index is -0.996. The number of aromatic carboxylic acids is 1. The van der Waals surface area contributed by atoms with Gasteiger partial charge in [-0.3, -0.25) is 0 Å². The lowest BCUT2D eigenvalue weighted by molar-refractivity contribution is 0.0689. The maximum absolute atomic E-state index is 11.0. The minimum absolute atomic E-state index is 0.0619. The van der Waals surface area contributed by atoms with Crippen LogP contribution >= 0.6 is 0 Å². The van der Waals surface area contributed by atoms with Crippen molar-refractivity contribution in [3.8, 4) is 0 Å². The van der Waals surface area contributed by atoms with Crippen LogP contribution in [0.5, 0.6) is 0 Å². The molecule has 5 heteroatoms. The molecule has 0 bridgehead atoms. The smallest absolute Gasteiger partial charge is 0.356 e. The zero-order valence-electron chi connectivity index (χ0n) is 11.3. The predicted molar refractivity (Wildman–Crippen MR) is 71.5 cm³/mol. The van der Waals surface area contributed by atoms with Crippen molar-refractivity contribution in [2.45, 2.75) is 32.6 Å². The lowest BCUT2D eigenvalue weighted by Gasteiger charge is -2.41. The van der Waals surface area contributed by atoms with Gasteiger partial charge in [0, 0.05) is 19.0 Å². The van der Waals surface area contributed by atoms with E-state index in [1.807, 2.05) is 0 Å². The van der Waals surface area contributed by atoms with Crippen LogP contribution in [0.15, 0.2) is 6.20 Å². The largest absolute Gasteiger partial charge is 0.476 e. The predicted octanol–water partition coefficient (Wildman–Crippen LogP) is 2.14. The second kappa shape index (κ2) is 4.47. The highest BCUT2D eigenvalue weighted by Crippen LogP contribution is 2.43. The summed E-state index contributed by atoms with van der Waals surface area (Å²) in [4.78, 5) is 22.0. The van der Waals surface area contributed by atoms with Crippen molar-refractivity contribution >= 4 is 11.8 Å². The zero-order chi connectivity index (χ0) is 13.6. The van der Waals surface area contributed by atoms with Crippen molar-refractivity contribution in [3.63, 3.8) is 0 Å². The number of carboxylic acid groups (broad SMARTS) is 1. The molecular weight excluding hydrogens is 242 g/mol. The van der Waals surface area contributed by atoms with Gasteiger partial charge in [-0.2, -0.15) is 0 Å². The number of carboxylic acids is 1. The summed E-state index contributed by atoms with van der Waals surface area (Å²) in [7, 11) is 0. The fourth-order valence-electron chi connectivity index (χ4n) is 3.02. The summed E-state index contributed by atoms with van der Waals surface area (Å²) in [5.74, 6) is 1.69. The maximum atomic E-state index is 11.0. The van der Waals surface area contributed by atoms with Gasteiger partial charge in [0.05, 0.1) is 11.9 Å². The first-order valence-electron chi connectivity index (χ1n) is 6.89. The number of rotatable bonds is 3. The molecule has 0 radical (unpaired) electrons. The molecule has 1 saturated carbocycles. The van der Waals surface area contributed by atoms with Crippen molar-refractivity contribution in [3.05, 3.63) is 17.6 Å². The molecule has 0 unspecified atom stereocenters. The third kappa shape index (κ3) is 2.17. The fourth-order valence-corrected chi connectivity index (χ4v) is 3.02. The van der Waals surface area contributed by atoms with E-state index < -0.39 is 5.97 Å². The average Bonchev–Trinajstić information content (AvgIpc) is 2.30. The van der Waals surface area contributed by atoms with Gasteiger partial charge in [-0.1, -0.05) is 13.8 Å². The van der Waals surface area contributed by atoms with Crippen LogP contribution in [-0.2, 0) is 0 Å². The lowest BCUT2D eigenvalue weighted by Crippen LogP contribution is -2.46. The first kappa shape index (κ1) is 12.4. The lowest BCUT2D eigenvalue weighted by atomic mass is 9.74. The Kier molecular flexibility index (Phi) is 2.92. The van der Waals surface area contributed by atoms with Crippen LogP contribution in [0.2, 0.25) is 0 Å². The van der Waals surface area contributed by atoms with Gasteiger partial charge in [-0.15, -0.1) is 0 Å². The summed E-state index contributed by atoms with van der Waals surface area (Å²) in [6, 6.07) is 0. The summed E-state index contributed by atoms with van der Waals surface area (Å²) < 4.78 is 0. The maximum Gasteiger partial charge on any atom is 0.356 e. The molecule has 1 N–H and O–H groups in total. The van der Waals surface area contributed by atoms with Gasteiger partial charge in [0.2, 0.25) is 0 Å². The second-order valence-electron chi connectivity index (χ2n) is 6.05. The Morgan fingerprint density at radius 1 is 1.32 bits per heavy atom. The number of carbonyl (C=O) groups is 1. The van der Waals surface area contributed by atoms with Gasteiger partial charge in [0.15, 0.2) is 11.5 Å². The van der Waals surface area contributed by atoms with Crippen LogP contribution in [0.3, 0.4) is 0 Å². The van der Waals surface area contributed by atoms with Crippen molar-refractivity contribution in [2.24, 2.45) is 11.8 Å². The molecular formula is C14H19N3O2. The number of aromatic nitrogens is 2. The van der Waals surface area contributed by atoms with Gasteiger partial charge >= 0.3 is 5.97 Å². The van der Waals surface area contributed by atoms with E-state index in [-0.39, 0.29) is 5.69 Å². The van der Waals surface area contributed by atoms with E-state index in [0.29, 0.717) is 17.8 Å². The van der Waals surface area contributed by atoms with Gasteiger partial charge in [-0.05, 0) is 24.7 Å². The highest BCUT2D eigenvalue weighted by atomic mass is 16.4. The summed E-state index contributed by atoms with van der Waals surface area (Å²) in [5, 5.41) is 9.06. The molecule has 3 rings (SSSR count). The Morgan fingerprint density at radius 3 is 2.53 bits per heavy atom. The third-order valence-electron chi connectivity index (χ3n) is 4.12. The monoisotopic (exact) mass is 261 g/mol. The summed E-state index contributed by atoms with van der Waals surface area (Å²) in [6.45, 7) is 6.42. The van der Waals surface area contributed by atoms with E-state index in [0.717, 1.165) is 37.4 Å². The Labute approximate surface area is 112 Å². The van der Waals surface area contributed by atoms with E-state index in [1.165, 1.54) is 6.20 Å². The first-order valence-corrected chi connectivity index (χ1v) is 6.89. The van der Waals surface area contributed by atoms with Gasteiger partial charge in [0.25, 0.3) is 0 Å². The fraction of sp³-hybridized carbons (Fsp3) is 0.643. The molecule has 2 aliphatic rings. The molecule has 0 amide bonds. The molecule has 1 saturated heterocycles. The molecule has 0 aromatic carbocycles. The summed E-state index contributed by atoms with van der Waals surface area (Å²) in [5.41, 5.74) is 0.955. The van der Waals surface area contributed by atoms with Crippen LogP contribution in [0.1, 0.15) is 48.8 Å². The molecule has 1 aliphatic heterocycles. The Bertz CT molecular complexity index is 505. The van der Waals surface area contributed by atoms with Crippen LogP contribution < -0.4 is 4.90 Å². The van der Waals surface area contributed by atoms with Gasteiger partial charge in [-0.25, -0.2) is 14.8 Å². The molecule has 2 fully saturated rings. The van der Waals surface area contributed by atoms with Crippen LogP contribution in [-0.4, -0.2) is 34.1 Å². The molecule has 5 nitrogen and oxygen atoms in total. The highest BCUT2D eigenvalue weighted by Gasteiger charge is 2.34. The molecule has 19 heavy (non-hydrogen) atoms. The van der Waals surface area contributed by atoms with Crippen LogP contribution in [0, 0.1) is 11.8 Å². The van der Waals surface area contributed by atoms with Crippen molar-refractivity contribution < 1.29 is 9.90 Å². The van der Waals surface area contributed by atoms with Crippen LogP contribution in [0.4, 0.5) is 5.82 Å². The number of nitrogens with zero attached hydrogens (tertiary/aromatic N) is 3. The normalized spacial score (nSPS) is 26.7. The second-order valence-corrected chi connectivity index (χ2v) is 6.05. The van der Waals surface area contributed by atoms with E-state index in [1.54, 1.807) is 0 Å². The number of hydrogen-bond acceptors (Lipinski definition) is 4. The Balaban J connectivity index is 1.91. The van der Waals surface area contributed by atoms with E-state index >= 15 is 0 Å². The highest BCUT2D eigenvalue weighted by molar-refractivity contribution is 5.85. The molecule has 1 aliphatic carbocycles. The topological polar surface area (TPSA) is 66.3 Å². The first-order chi connectivity index (χ1) is 9.04. The molecule has 1 aromatic rings. The zero-order valence-corrected chi connectivity index (χ0v) is 11.3. The molecule has 1 aromatic heterocycles. The van der Waals surface area contributed by atoms with E-state index in [9.17, 15) is 4.79 Å². The van der Waals surface area contributed by atoms with Gasteiger partial charge in [0.1, 0.15) is 0 Å². The molecule has 2 heterocycles. The molecule has 0 spiro atoms. The average molecular weight is 261 g/mol. The Hall–Kier alpha value is -1.65. The van der Waals surface area contributed by atoms with E-state index in [4.69, 9.17) is 5.11 Å². The van der Waals surface area contributed by atoms with Gasteiger partial charge < -0.3 is 10.0 Å².